The van der Waals surface area contributed by atoms with Crippen molar-refractivity contribution in [2.24, 2.45) is 17.8 Å². The van der Waals surface area contributed by atoms with Crippen LogP contribution in [-0.2, 0) is 28.6 Å². The molecule has 0 N–H and O–H groups in total. The molecule has 0 aromatic heterocycles. The highest BCUT2D eigenvalue weighted by Gasteiger charge is 2.68. The van der Waals surface area contributed by atoms with Gasteiger partial charge in [-0.05, 0) is 0 Å². The fourth-order valence-corrected chi connectivity index (χ4v) is 3.14. The van der Waals surface area contributed by atoms with Crippen molar-refractivity contribution in [2.75, 3.05) is 0 Å². The predicted octanol–water partition coefficient (Wildman–Crippen LogP) is -0.349. The van der Waals surface area contributed by atoms with Crippen molar-refractivity contribution in [3.8, 4) is 0 Å². The van der Waals surface area contributed by atoms with Crippen LogP contribution in [-0.4, -0.2) is 36.2 Å². The molecule has 17 heavy (non-hydrogen) atoms. The first kappa shape index (κ1) is 10.7. The van der Waals surface area contributed by atoms with E-state index in [2.05, 4.69) is 4.74 Å². The molecule has 3 aliphatic rings. The molecule has 3 aliphatic heterocycles. The number of hydrogen-bond acceptors (Lipinski definition) is 6. The first-order chi connectivity index (χ1) is 8.00. The topological polar surface area (TPSA) is 78.9 Å². The maximum absolute atomic E-state index is 11.5. The van der Waals surface area contributed by atoms with Crippen LogP contribution in [0.25, 0.3) is 0 Å². The van der Waals surface area contributed by atoms with Crippen LogP contribution >= 0.6 is 0 Å². The number of hydrogen-bond donors (Lipinski definition) is 0. The van der Waals surface area contributed by atoms with Gasteiger partial charge in [-0.25, -0.2) is 0 Å². The monoisotopic (exact) mass is 240 g/mol. The standard InChI is InChI=1S/C11H12O6/c1-3-7-5-6(11(14)17-10(5)13)9(16-7)8(3)15-4(2)12/h3,5-9H,1-2H3/t3-,5?,6?,7-,8?,9?/m1/s1. The molecule has 6 nitrogen and oxygen atoms in total. The molecule has 0 aliphatic carbocycles. The third-order valence-corrected chi connectivity index (χ3v) is 3.82. The average Bonchev–Trinajstić information content (AvgIpc) is 2.82. The second-order valence-corrected chi connectivity index (χ2v) is 4.79. The van der Waals surface area contributed by atoms with Gasteiger partial charge in [0.1, 0.15) is 18.1 Å². The van der Waals surface area contributed by atoms with E-state index < -0.39 is 42.0 Å². The van der Waals surface area contributed by atoms with E-state index in [1.807, 2.05) is 6.92 Å². The molecule has 2 bridgehead atoms. The minimum atomic E-state index is -0.604. The fourth-order valence-electron chi connectivity index (χ4n) is 3.14. The maximum atomic E-state index is 11.5. The highest BCUT2D eigenvalue weighted by molar-refractivity contribution is 5.98. The van der Waals surface area contributed by atoms with Gasteiger partial charge in [0, 0.05) is 12.8 Å². The lowest BCUT2D eigenvalue weighted by molar-refractivity contribution is -0.159. The molecule has 3 rings (SSSR count). The number of ether oxygens (including phenoxy) is 3. The summed E-state index contributed by atoms with van der Waals surface area (Å²) in [5, 5.41) is 0. The number of carbonyl (C=O) groups excluding carboxylic acids is 3. The van der Waals surface area contributed by atoms with Crippen LogP contribution in [0.4, 0.5) is 0 Å². The van der Waals surface area contributed by atoms with Crippen molar-refractivity contribution in [3.63, 3.8) is 0 Å². The smallest absolute Gasteiger partial charge is 0.320 e. The van der Waals surface area contributed by atoms with Crippen LogP contribution in [0, 0.1) is 17.8 Å². The van der Waals surface area contributed by atoms with Gasteiger partial charge in [0.2, 0.25) is 0 Å². The molecule has 0 aromatic rings. The summed E-state index contributed by atoms with van der Waals surface area (Å²) in [6.45, 7) is 3.17. The van der Waals surface area contributed by atoms with Crippen molar-refractivity contribution in [2.45, 2.75) is 32.2 Å². The molecule has 3 heterocycles. The van der Waals surface area contributed by atoms with Gasteiger partial charge in [-0.2, -0.15) is 0 Å². The first-order valence-corrected chi connectivity index (χ1v) is 5.59. The number of esters is 3. The molecule has 0 aromatic carbocycles. The molecule has 6 heteroatoms. The van der Waals surface area contributed by atoms with Gasteiger partial charge in [-0.1, -0.05) is 6.92 Å². The summed E-state index contributed by atoms with van der Waals surface area (Å²) >= 11 is 0. The Kier molecular flexibility index (Phi) is 2.07. The lowest BCUT2D eigenvalue weighted by atomic mass is 9.74. The van der Waals surface area contributed by atoms with E-state index in [4.69, 9.17) is 9.47 Å². The third-order valence-electron chi connectivity index (χ3n) is 3.82. The van der Waals surface area contributed by atoms with E-state index >= 15 is 0 Å². The SMILES string of the molecule is CC(=O)OC1C2O[C@@H](C3C(=O)OC(=O)C23)[C@H]1C. The van der Waals surface area contributed by atoms with E-state index in [1.54, 1.807) is 0 Å². The zero-order valence-corrected chi connectivity index (χ0v) is 9.41. The summed E-state index contributed by atoms with van der Waals surface area (Å²) in [5.74, 6) is -2.70. The maximum Gasteiger partial charge on any atom is 0.320 e. The van der Waals surface area contributed by atoms with E-state index in [0.717, 1.165) is 0 Å². The molecule has 3 fully saturated rings. The van der Waals surface area contributed by atoms with Gasteiger partial charge >= 0.3 is 17.9 Å². The van der Waals surface area contributed by atoms with Gasteiger partial charge in [-0.15, -0.1) is 0 Å². The van der Waals surface area contributed by atoms with Crippen LogP contribution in [0.3, 0.4) is 0 Å². The Morgan fingerprint density at radius 1 is 1.18 bits per heavy atom. The van der Waals surface area contributed by atoms with Crippen LogP contribution in [0.5, 0.6) is 0 Å². The normalized spacial score (nSPS) is 46.9. The quantitative estimate of drug-likeness (QED) is 0.460. The number of carbonyl (C=O) groups is 3. The minimum absolute atomic E-state index is 0.0939. The fraction of sp³-hybridized carbons (Fsp3) is 0.727. The third kappa shape index (κ3) is 1.27. The molecule has 0 saturated carbocycles. The first-order valence-electron chi connectivity index (χ1n) is 5.59. The molecule has 6 atom stereocenters. The Hall–Kier alpha value is -1.43. The Labute approximate surface area is 97.2 Å². The molecule has 0 radical (unpaired) electrons. The van der Waals surface area contributed by atoms with Crippen molar-refractivity contribution < 1.29 is 28.6 Å². The Bertz CT molecular complexity index is 416. The predicted molar refractivity (Wildman–Crippen MR) is 51.5 cm³/mol. The van der Waals surface area contributed by atoms with Crippen LogP contribution < -0.4 is 0 Å². The Balaban J connectivity index is 1.90. The van der Waals surface area contributed by atoms with Crippen LogP contribution in [0.15, 0.2) is 0 Å². The van der Waals surface area contributed by atoms with Gasteiger partial charge < -0.3 is 14.2 Å². The van der Waals surface area contributed by atoms with Crippen molar-refractivity contribution in [1.82, 2.24) is 0 Å². The highest BCUT2D eigenvalue weighted by atomic mass is 16.6. The largest absolute Gasteiger partial charge is 0.459 e. The van der Waals surface area contributed by atoms with E-state index in [9.17, 15) is 14.4 Å². The lowest BCUT2D eigenvalue weighted by Crippen LogP contribution is -2.45. The lowest BCUT2D eigenvalue weighted by Gasteiger charge is -2.28. The molecule has 0 amide bonds. The molecule has 3 saturated heterocycles. The zero-order valence-electron chi connectivity index (χ0n) is 9.41. The van der Waals surface area contributed by atoms with Crippen molar-refractivity contribution in [3.05, 3.63) is 0 Å². The van der Waals surface area contributed by atoms with Gasteiger partial charge in [0.25, 0.3) is 0 Å². The number of cyclic esters (lactones) is 2. The van der Waals surface area contributed by atoms with E-state index in [0.29, 0.717) is 0 Å². The summed E-state index contributed by atoms with van der Waals surface area (Å²) in [6.07, 6.45) is -1.38. The van der Waals surface area contributed by atoms with Crippen molar-refractivity contribution >= 4 is 17.9 Å². The summed E-state index contributed by atoms with van der Waals surface area (Å²) < 4.78 is 15.4. The van der Waals surface area contributed by atoms with Gasteiger partial charge in [-0.3, -0.25) is 14.4 Å². The number of fused-ring (bicyclic) bond motifs is 5. The van der Waals surface area contributed by atoms with Crippen LogP contribution in [0.2, 0.25) is 0 Å². The summed E-state index contributed by atoms with van der Waals surface area (Å²) in [5.41, 5.74) is 0. The second-order valence-electron chi connectivity index (χ2n) is 4.79. The molecule has 92 valence electrons. The molecular formula is C11H12O6. The Morgan fingerprint density at radius 2 is 1.76 bits per heavy atom. The highest BCUT2D eigenvalue weighted by Crippen LogP contribution is 2.51. The van der Waals surface area contributed by atoms with Crippen LogP contribution in [0.1, 0.15) is 13.8 Å². The van der Waals surface area contributed by atoms with Gasteiger partial charge in [0.05, 0.1) is 12.0 Å². The summed E-state index contributed by atoms with van der Waals surface area (Å²) in [7, 11) is 0. The number of rotatable bonds is 1. The molecule has 4 unspecified atom stereocenters. The minimum Gasteiger partial charge on any atom is -0.459 e. The summed E-state index contributed by atoms with van der Waals surface area (Å²) in [4.78, 5) is 34.0. The van der Waals surface area contributed by atoms with Crippen molar-refractivity contribution in [1.29, 1.82) is 0 Å². The van der Waals surface area contributed by atoms with E-state index in [-0.39, 0.29) is 12.0 Å². The summed E-state index contributed by atoms with van der Waals surface area (Å²) in [6, 6.07) is 0. The zero-order chi connectivity index (χ0) is 12.3. The second kappa shape index (κ2) is 3.29. The Morgan fingerprint density at radius 3 is 2.35 bits per heavy atom. The molecule has 0 spiro atoms. The molecular weight excluding hydrogens is 228 g/mol. The average molecular weight is 240 g/mol. The van der Waals surface area contributed by atoms with E-state index in [1.165, 1.54) is 6.92 Å². The van der Waals surface area contributed by atoms with Gasteiger partial charge in [0.15, 0.2) is 0 Å².